The van der Waals surface area contributed by atoms with Crippen LogP contribution in [0.5, 0.6) is 0 Å². The van der Waals surface area contributed by atoms with E-state index in [4.69, 9.17) is 4.65 Å². The summed E-state index contributed by atoms with van der Waals surface area (Å²) in [5, 5.41) is 0.661. The molecule has 0 fully saturated rings. The van der Waals surface area contributed by atoms with E-state index in [2.05, 4.69) is 34.5 Å². The van der Waals surface area contributed by atoms with E-state index in [1.165, 1.54) is 0 Å². The highest BCUT2D eigenvalue weighted by atomic mass is 32.2. The summed E-state index contributed by atoms with van der Waals surface area (Å²) in [7, 11) is 0. The van der Waals surface area contributed by atoms with E-state index in [-0.39, 0.29) is 0 Å². The van der Waals surface area contributed by atoms with Gasteiger partial charge in [0.2, 0.25) is 0 Å². The molecule has 0 aliphatic heterocycles. The third-order valence-corrected chi connectivity index (χ3v) is 1.97. The number of rotatable bonds is 4. The van der Waals surface area contributed by atoms with Crippen LogP contribution in [-0.2, 0) is 4.65 Å². The molecule has 0 spiro atoms. The first-order chi connectivity index (χ1) is 4.52. The third kappa shape index (κ3) is 6.49. The zero-order valence-corrected chi connectivity index (χ0v) is 8.37. The van der Waals surface area contributed by atoms with Gasteiger partial charge in [-0.3, -0.25) is 0 Å². The van der Waals surface area contributed by atoms with Crippen molar-refractivity contribution < 1.29 is 4.65 Å². The predicted octanol–water partition coefficient (Wildman–Crippen LogP) is 2.67. The van der Waals surface area contributed by atoms with E-state index in [1.807, 2.05) is 11.6 Å². The van der Waals surface area contributed by atoms with Crippen molar-refractivity contribution in [1.29, 1.82) is 0 Å². The van der Waals surface area contributed by atoms with E-state index in [1.54, 1.807) is 0 Å². The van der Waals surface area contributed by atoms with Gasteiger partial charge in [0, 0.05) is 6.10 Å². The molecule has 0 aromatic carbocycles. The molecule has 0 amide bonds. The fraction of sp³-hybridized carbons (Fsp3) is 1.00. The van der Waals surface area contributed by atoms with Crippen molar-refractivity contribution in [2.45, 2.75) is 45.9 Å². The lowest BCUT2D eigenvalue weighted by Gasteiger charge is -2.14. The Hall–Kier alpha value is 0.375. The third-order valence-electron chi connectivity index (χ3n) is 0.928. The molecule has 0 radical (unpaired) electrons. The average molecular weight is 160 g/mol. The van der Waals surface area contributed by atoms with E-state index >= 15 is 0 Å². The molecule has 0 aliphatic carbocycles. The summed E-state index contributed by atoms with van der Waals surface area (Å²) in [4.78, 5) is 0. The van der Waals surface area contributed by atoms with Gasteiger partial charge in [0.25, 0.3) is 0 Å². The molecule has 60 valence electrons. The zero-order chi connectivity index (χ0) is 8.15. The van der Waals surface area contributed by atoms with E-state index in [9.17, 15) is 0 Å². The minimum Gasteiger partial charge on any atom is -0.424 e. The topological polar surface area (TPSA) is 9.23 Å². The number of hydrogen-bond donors (Lipinski definition) is 0. The predicted molar refractivity (Wildman–Crippen MR) is 50.6 cm³/mol. The Bertz CT molecular complexity index is 75.7. The first-order valence-electron chi connectivity index (χ1n) is 3.83. The van der Waals surface area contributed by atoms with Crippen molar-refractivity contribution in [3.05, 3.63) is 0 Å². The van der Waals surface area contributed by atoms with Gasteiger partial charge in [0.05, 0.1) is 0 Å². The standard InChI is InChI=1S/C7H17BOS/c1-6(2)9-8(5)10-7(3)4/h6-7H,1-5H3. The van der Waals surface area contributed by atoms with Crippen LogP contribution in [0.25, 0.3) is 0 Å². The molecular formula is C7H17BOS. The quantitative estimate of drug-likeness (QED) is 0.584. The summed E-state index contributed by atoms with van der Waals surface area (Å²) in [5.41, 5.74) is 0. The maximum atomic E-state index is 5.52. The van der Waals surface area contributed by atoms with Crippen LogP contribution in [-0.4, -0.2) is 17.5 Å². The second-order valence-corrected chi connectivity index (χ2v) is 4.82. The van der Waals surface area contributed by atoms with Gasteiger partial charge in [-0.15, -0.1) is 0 Å². The molecule has 0 bridgehead atoms. The van der Waals surface area contributed by atoms with Crippen LogP contribution in [0.15, 0.2) is 0 Å². The molecule has 1 nitrogen and oxygen atoms in total. The highest BCUT2D eigenvalue weighted by Gasteiger charge is 2.12. The van der Waals surface area contributed by atoms with Crippen LogP contribution >= 0.6 is 11.6 Å². The Kier molecular flexibility index (Phi) is 5.27. The maximum absolute atomic E-state index is 5.52. The first kappa shape index (κ1) is 10.4. The Balaban J connectivity index is 3.34. The Labute approximate surface area is 68.9 Å². The van der Waals surface area contributed by atoms with Crippen molar-refractivity contribution in [3.8, 4) is 0 Å². The van der Waals surface area contributed by atoms with Crippen LogP contribution in [0.2, 0.25) is 6.82 Å². The van der Waals surface area contributed by atoms with Crippen molar-refractivity contribution >= 4 is 17.8 Å². The molecule has 0 aromatic rings. The molecule has 0 rings (SSSR count). The molecule has 0 unspecified atom stereocenters. The lowest BCUT2D eigenvalue weighted by Crippen LogP contribution is -2.17. The molecule has 0 aromatic heterocycles. The van der Waals surface area contributed by atoms with Crippen molar-refractivity contribution in [2.24, 2.45) is 0 Å². The Morgan fingerprint density at radius 1 is 1.20 bits per heavy atom. The molecule has 10 heavy (non-hydrogen) atoms. The fourth-order valence-corrected chi connectivity index (χ4v) is 1.85. The zero-order valence-electron chi connectivity index (χ0n) is 7.55. The van der Waals surface area contributed by atoms with Crippen LogP contribution in [0.4, 0.5) is 0 Å². The van der Waals surface area contributed by atoms with Crippen molar-refractivity contribution in [2.75, 3.05) is 0 Å². The molecule has 0 N–H and O–H groups in total. The average Bonchev–Trinajstić information content (AvgIpc) is 1.58. The van der Waals surface area contributed by atoms with Crippen molar-refractivity contribution in [1.82, 2.24) is 0 Å². The van der Waals surface area contributed by atoms with Gasteiger partial charge in [-0.25, -0.2) is 0 Å². The van der Waals surface area contributed by atoms with Gasteiger partial charge in [-0.05, 0) is 25.9 Å². The SMILES string of the molecule is CB(OC(C)C)SC(C)C. The summed E-state index contributed by atoms with van der Waals surface area (Å²) in [6.07, 6.45) is 0.682. The molecule has 0 saturated heterocycles. The lowest BCUT2D eigenvalue weighted by atomic mass is 10.1. The normalized spacial score (nSPS) is 11.1. The van der Waals surface area contributed by atoms with Gasteiger partial charge >= 0.3 is 6.19 Å². The first-order valence-corrected chi connectivity index (χ1v) is 4.77. The Morgan fingerprint density at radius 3 is 2.00 bits per heavy atom. The van der Waals surface area contributed by atoms with E-state index in [0.29, 0.717) is 17.5 Å². The summed E-state index contributed by atoms with van der Waals surface area (Å²) in [6.45, 7) is 10.6. The van der Waals surface area contributed by atoms with Gasteiger partial charge in [-0.1, -0.05) is 13.8 Å². The molecule has 0 heterocycles. The van der Waals surface area contributed by atoms with Gasteiger partial charge in [0.1, 0.15) is 0 Å². The van der Waals surface area contributed by atoms with E-state index in [0.717, 1.165) is 0 Å². The molecular weight excluding hydrogens is 143 g/mol. The largest absolute Gasteiger partial charge is 0.424 e. The summed E-state index contributed by atoms with van der Waals surface area (Å²) in [6, 6.07) is 0. The van der Waals surface area contributed by atoms with E-state index < -0.39 is 0 Å². The molecule has 0 atom stereocenters. The maximum Gasteiger partial charge on any atom is 0.358 e. The highest BCUT2D eigenvalue weighted by molar-refractivity contribution is 8.25. The van der Waals surface area contributed by atoms with Crippen molar-refractivity contribution in [3.63, 3.8) is 0 Å². The molecule has 0 saturated carbocycles. The smallest absolute Gasteiger partial charge is 0.358 e. The fourth-order valence-electron chi connectivity index (χ4n) is 0.799. The van der Waals surface area contributed by atoms with Gasteiger partial charge < -0.3 is 4.65 Å². The summed E-state index contributed by atoms with van der Waals surface area (Å²) >= 11 is 1.86. The van der Waals surface area contributed by atoms with Crippen LogP contribution in [0, 0.1) is 0 Å². The minimum absolute atomic E-state index is 0.333. The Morgan fingerprint density at radius 2 is 1.70 bits per heavy atom. The minimum atomic E-state index is 0.333. The summed E-state index contributed by atoms with van der Waals surface area (Å²) < 4.78 is 5.52. The monoisotopic (exact) mass is 160 g/mol. The van der Waals surface area contributed by atoms with Crippen LogP contribution < -0.4 is 0 Å². The van der Waals surface area contributed by atoms with Gasteiger partial charge in [0.15, 0.2) is 0 Å². The lowest BCUT2D eigenvalue weighted by molar-refractivity contribution is 0.254. The second kappa shape index (κ2) is 5.08. The van der Waals surface area contributed by atoms with Crippen LogP contribution in [0.1, 0.15) is 27.7 Å². The van der Waals surface area contributed by atoms with Gasteiger partial charge in [-0.2, -0.15) is 11.6 Å². The molecule has 3 heteroatoms. The number of hydrogen-bond acceptors (Lipinski definition) is 2. The second-order valence-electron chi connectivity index (χ2n) is 2.94. The molecule has 0 aliphatic rings. The highest BCUT2D eigenvalue weighted by Crippen LogP contribution is 2.15. The summed E-state index contributed by atoms with van der Waals surface area (Å²) in [5.74, 6) is 0. The van der Waals surface area contributed by atoms with Crippen LogP contribution in [0.3, 0.4) is 0 Å².